The molecule has 7 nitrogen and oxygen atoms in total. The topological polar surface area (TPSA) is 111 Å². The highest BCUT2D eigenvalue weighted by molar-refractivity contribution is 6.05. The third-order valence-electron chi connectivity index (χ3n) is 7.90. The molecule has 1 fully saturated rings. The van der Waals surface area contributed by atoms with Crippen LogP contribution in [-0.4, -0.2) is 56.3 Å². The van der Waals surface area contributed by atoms with Gasteiger partial charge in [0.1, 0.15) is 0 Å². The van der Waals surface area contributed by atoms with Gasteiger partial charge in [0.15, 0.2) is 11.6 Å². The number of imide groups is 1. The van der Waals surface area contributed by atoms with Gasteiger partial charge in [0, 0.05) is 18.7 Å². The number of carbonyl (C=O) groups excluding carboxylic acids is 2. The van der Waals surface area contributed by atoms with E-state index in [2.05, 4.69) is 4.98 Å². The second-order valence-corrected chi connectivity index (χ2v) is 10.7. The highest BCUT2D eigenvalue weighted by Crippen LogP contribution is 2.48. The molecule has 2 heterocycles. The number of pyridine rings is 1. The summed E-state index contributed by atoms with van der Waals surface area (Å²) in [6.07, 6.45) is 4.20. The minimum Gasteiger partial charge on any atom is -0.505 e. The molecule has 0 bridgehead atoms. The Balaban J connectivity index is 1.65. The fourth-order valence-electron chi connectivity index (χ4n) is 6.04. The van der Waals surface area contributed by atoms with Crippen molar-refractivity contribution in [1.29, 1.82) is 0 Å². The Labute approximate surface area is 228 Å². The summed E-state index contributed by atoms with van der Waals surface area (Å²) < 4.78 is 14.0. The summed E-state index contributed by atoms with van der Waals surface area (Å²) >= 11 is 0. The van der Waals surface area contributed by atoms with Crippen LogP contribution in [0.25, 0.3) is 11.6 Å². The molecule has 208 valence electrons. The molecular formula is C31H37FN2O5. The Morgan fingerprint density at radius 2 is 1.97 bits per heavy atom. The Kier molecular flexibility index (Phi) is 8.97. The van der Waals surface area contributed by atoms with E-state index in [1.165, 1.54) is 17.0 Å². The lowest BCUT2D eigenvalue weighted by Crippen LogP contribution is -2.39. The fourth-order valence-corrected chi connectivity index (χ4v) is 6.04. The molecule has 8 heteroatoms. The maximum atomic E-state index is 14.0. The number of aromatic hydroxyl groups is 1. The molecule has 4 atom stereocenters. The molecule has 0 radical (unpaired) electrons. The first kappa shape index (κ1) is 28.6. The van der Waals surface area contributed by atoms with E-state index in [1.807, 2.05) is 32.9 Å². The number of nitrogens with zero attached hydrogens (tertiary/aromatic N) is 2. The predicted octanol–water partition coefficient (Wildman–Crippen LogP) is 4.58. The molecule has 2 aliphatic rings. The van der Waals surface area contributed by atoms with Crippen molar-refractivity contribution < 1.29 is 29.3 Å². The number of halogens is 1. The zero-order valence-electron chi connectivity index (χ0n) is 22.7. The second-order valence-electron chi connectivity index (χ2n) is 10.7. The molecule has 2 aromatic rings. The van der Waals surface area contributed by atoms with Gasteiger partial charge in [0.25, 0.3) is 0 Å². The van der Waals surface area contributed by atoms with Crippen molar-refractivity contribution in [2.45, 2.75) is 52.6 Å². The van der Waals surface area contributed by atoms with Gasteiger partial charge in [-0.1, -0.05) is 38.5 Å². The Bertz CT molecular complexity index is 1270. The van der Waals surface area contributed by atoms with E-state index in [0.717, 1.165) is 11.1 Å². The second kappa shape index (κ2) is 12.2. The number of likely N-dealkylation sites (tertiary alicyclic amines) is 1. The fraction of sp³-hybridized carbons (Fsp3) is 0.452. The lowest BCUT2D eigenvalue weighted by Gasteiger charge is -2.38. The number of rotatable bonds is 10. The van der Waals surface area contributed by atoms with E-state index in [9.17, 15) is 29.3 Å². The molecule has 1 aliphatic carbocycles. The Morgan fingerprint density at radius 3 is 2.59 bits per heavy atom. The SMILES string of the molecule is CCCN1C(=O)[C@@H]2[C@@H](CC(C(C)C)=C([C@H](O)CC/C(=C/c3ccc(O)c(F)c3)c3ccccn3)[C@@H]2CO)C1=O. The summed E-state index contributed by atoms with van der Waals surface area (Å²) in [5.74, 6) is -3.40. The van der Waals surface area contributed by atoms with Crippen molar-refractivity contribution in [3.8, 4) is 5.75 Å². The van der Waals surface area contributed by atoms with Gasteiger partial charge >= 0.3 is 0 Å². The van der Waals surface area contributed by atoms with Crippen LogP contribution in [0, 0.1) is 29.5 Å². The van der Waals surface area contributed by atoms with E-state index < -0.39 is 35.4 Å². The number of amides is 2. The number of aliphatic hydroxyl groups excluding tert-OH is 2. The minimum atomic E-state index is -0.952. The number of aromatic nitrogens is 1. The van der Waals surface area contributed by atoms with E-state index in [-0.39, 0.29) is 30.8 Å². The first-order valence-electron chi connectivity index (χ1n) is 13.6. The van der Waals surface area contributed by atoms with Crippen LogP contribution in [0.2, 0.25) is 0 Å². The van der Waals surface area contributed by atoms with E-state index in [4.69, 9.17) is 0 Å². The highest BCUT2D eigenvalue weighted by atomic mass is 19.1. The van der Waals surface area contributed by atoms with Crippen molar-refractivity contribution in [3.05, 3.63) is 70.8 Å². The normalized spacial score (nSPS) is 22.6. The number of aliphatic hydroxyl groups is 2. The maximum absolute atomic E-state index is 14.0. The Hall–Kier alpha value is -3.36. The lowest BCUT2D eigenvalue weighted by molar-refractivity contribution is -0.140. The summed E-state index contributed by atoms with van der Waals surface area (Å²) in [5.41, 5.74) is 3.56. The average molecular weight is 537 g/mol. The molecule has 1 aliphatic heterocycles. The summed E-state index contributed by atoms with van der Waals surface area (Å²) in [6.45, 7) is 5.94. The minimum absolute atomic E-state index is 0.0264. The largest absolute Gasteiger partial charge is 0.505 e. The number of allylic oxidation sites excluding steroid dienone is 2. The van der Waals surface area contributed by atoms with Crippen LogP contribution in [0.3, 0.4) is 0 Å². The lowest BCUT2D eigenvalue weighted by atomic mass is 9.66. The third-order valence-corrected chi connectivity index (χ3v) is 7.90. The number of hydrogen-bond acceptors (Lipinski definition) is 6. The zero-order valence-corrected chi connectivity index (χ0v) is 22.7. The highest BCUT2D eigenvalue weighted by Gasteiger charge is 2.54. The van der Waals surface area contributed by atoms with Gasteiger partial charge in [0.2, 0.25) is 11.8 Å². The number of carbonyl (C=O) groups is 2. The van der Waals surface area contributed by atoms with Crippen molar-refractivity contribution >= 4 is 23.5 Å². The number of benzene rings is 1. The van der Waals surface area contributed by atoms with Crippen molar-refractivity contribution in [2.75, 3.05) is 13.2 Å². The van der Waals surface area contributed by atoms with Gasteiger partial charge in [-0.2, -0.15) is 0 Å². The van der Waals surface area contributed by atoms with Gasteiger partial charge < -0.3 is 15.3 Å². The van der Waals surface area contributed by atoms with Crippen molar-refractivity contribution in [2.24, 2.45) is 23.7 Å². The molecule has 0 spiro atoms. The molecule has 0 saturated carbocycles. The number of phenols is 1. The van der Waals surface area contributed by atoms with Gasteiger partial charge in [-0.25, -0.2) is 4.39 Å². The van der Waals surface area contributed by atoms with Gasteiger partial charge in [-0.15, -0.1) is 0 Å². The van der Waals surface area contributed by atoms with Crippen LogP contribution in [-0.2, 0) is 9.59 Å². The number of phenolic OH excluding ortho intramolecular Hbond substituents is 1. The monoisotopic (exact) mass is 536 g/mol. The summed E-state index contributed by atoms with van der Waals surface area (Å²) in [7, 11) is 0. The molecule has 1 saturated heterocycles. The van der Waals surface area contributed by atoms with Gasteiger partial charge in [-0.3, -0.25) is 19.5 Å². The molecule has 39 heavy (non-hydrogen) atoms. The van der Waals surface area contributed by atoms with Crippen LogP contribution in [0.1, 0.15) is 57.7 Å². The molecule has 4 rings (SSSR count). The first-order chi connectivity index (χ1) is 18.7. The standard InChI is InChI=1S/C31H37FN2O5/c1-4-13-34-30(38)22-16-21(18(2)3)28(23(17-35)29(22)31(34)39)27(37)11-9-20(25-7-5-6-12-33-25)14-19-8-10-26(36)24(32)15-19/h5-8,10,12,14-15,18,22-23,27,29,35-37H,4,9,11,13,16-17H2,1-3H3/b20-14-/t22-,23+,27-,29-/m1/s1. The summed E-state index contributed by atoms with van der Waals surface area (Å²) in [6, 6.07) is 9.60. The zero-order chi connectivity index (χ0) is 28.3. The quantitative estimate of drug-likeness (QED) is 0.303. The van der Waals surface area contributed by atoms with Crippen LogP contribution in [0.4, 0.5) is 4.39 Å². The van der Waals surface area contributed by atoms with E-state index in [0.29, 0.717) is 42.6 Å². The maximum Gasteiger partial charge on any atom is 0.233 e. The van der Waals surface area contributed by atoms with Crippen LogP contribution in [0.5, 0.6) is 5.75 Å². The first-order valence-corrected chi connectivity index (χ1v) is 13.6. The van der Waals surface area contributed by atoms with E-state index in [1.54, 1.807) is 24.4 Å². The number of hydrogen-bond donors (Lipinski definition) is 3. The van der Waals surface area contributed by atoms with E-state index >= 15 is 0 Å². The van der Waals surface area contributed by atoms with Crippen LogP contribution >= 0.6 is 0 Å². The smallest absolute Gasteiger partial charge is 0.233 e. The number of fused-ring (bicyclic) bond motifs is 1. The summed E-state index contributed by atoms with van der Waals surface area (Å²) in [5, 5.41) is 31.6. The molecule has 3 N–H and O–H groups in total. The molecule has 2 amide bonds. The predicted molar refractivity (Wildman–Crippen MR) is 146 cm³/mol. The van der Waals surface area contributed by atoms with Crippen LogP contribution < -0.4 is 0 Å². The van der Waals surface area contributed by atoms with Crippen molar-refractivity contribution in [1.82, 2.24) is 9.88 Å². The summed E-state index contributed by atoms with van der Waals surface area (Å²) in [4.78, 5) is 32.2. The van der Waals surface area contributed by atoms with Crippen LogP contribution in [0.15, 0.2) is 53.7 Å². The molecular weight excluding hydrogens is 499 g/mol. The molecule has 1 aromatic heterocycles. The van der Waals surface area contributed by atoms with Crippen molar-refractivity contribution in [3.63, 3.8) is 0 Å². The Morgan fingerprint density at radius 1 is 1.21 bits per heavy atom. The third kappa shape index (κ3) is 5.82. The van der Waals surface area contributed by atoms with Gasteiger partial charge in [0.05, 0.1) is 30.2 Å². The van der Waals surface area contributed by atoms with Gasteiger partial charge in [-0.05, 0) is 78.7 Å². The average Bonchev–Trinajstić information content (AvgIpc) is 3.17. The molecule has 0 unspecified atom stereocenters. The molecule has 1 aromatic carbocycles.